The molecule has 2 atom stereocenters. The molecular weight excluding hydrogens is 143 g/mol. The van der Waals surface area contributed by atoms with Crippen molar-refractivity contribution in [3.63, 3.8) is 0 Å². The number of rotatable bonds is 1. The molecule has 0 aromatic heterocycles. The molecule has 0 radical (unpaired) electrons. The molecule has 1 aliphatic rings. The maximum atomic E-state index is 11.8. The summed E-state index contributed by atoms with van der Waals surface area (Å²) in [7, 11) is 0. The predicted molar refractivity (Wildman–Crippen MR) is 31.6 cm³/mol. The molecule has 0 aromatic carbocycles. The van der Waals surface area contributed by atoms with Gasteiger partial charge in [-0.15, -0.1) is 0 Å². The first-order valence-electron chi connectivity index (χ1n) is 3.25. The van der Waals surface area contributed by atoms with Crippen molar-refractivity contribution in [3.8, 4) is 0 Å². The Kier molecular flexibility index (Phi) is 1.66. The molecule has 1 fully saturated rings. The van der Waals surface area contributed by atoms with E-state index in [0.717, 1.165) is 0 Å². The standard InChI is InChI=1S/C6H10F3N/c1-3(2)4-5(10-4)6(7,8)9/h3-5,10H,1-2H3/t4-,5-/m0/s1. The maximum absolute atomic E-state index is 11.8. The van der Waals surface area contributed by atoms with E-state index < -0.39 is 12.2 Å². The molecule has 60 valence electrons. The van der Waals surface area contributed by atoms with Crippen molar-refractivity contribution < 1.29 is 13.2 Å². The number of hydrogen-bond donors (Lipinski definition) is 1. The molecule has 0 amide bonds. The second kappa shape index (κ2) is 2.12. The third kappa shape index (κ3) is 1.42. The normalized spacial score (nSPS) is 33.0. The molecule has 1 heterocycles. The Morgan fingerprint density at radius 2 is 1.80 bits per heavy atom. The highest BCUT2D eigenvalue weighted by atomic mass is 19.4. The number of hydrogen-bond acceptors (Lipinski definition) is 1. The van der Waals surface area contributed by atoms with Gasteiger partial charge in [0.2, 0.25) is 0 Å². The minimum absolute atomic E-state index is 0.0756. The van der Waals surface area contributed by atoms with Crippen LogP contribution in [-0.2, 0) is 0 Å². The van der Waals surface area contributed by atoms with Crippen LogP contribution in [0.15, 0.2) is 0 Å². The van der Waals surface area contributed by atoms with E-state index in [2.05, 4.69) is 5.32 Å². The summed E-state index contributed by atoms with van der Waals surface area (Å²) < 4.78 is 35.4. The number of nitrogens with one attached hydrogen (secondary N) is 1. The van der Waals surface area contributed by atoms with E-state index in [4.69, 9.17) is 0 Å². The van der Waals surface area contributed by atoms with Crippen LogP contribution in [0, 0.1) is 5.92 Å². The van der Waals surface area contributed by atoms with Gasteiger partial charge in [0.1, 0.15) is 6.04 Å². The van der Waals surface area contributed by atoms with Gasteiger partial charge in [0, 0.05) is 6.04 Å². The van der Waals surface area contributed by atoms with Crippen LogP contribution in [0.2, 0.25) is 0 Å². The Bertz CT molecular complexity index is 129. The van der Waals surface area contributed by atoms with Crippen LogP contribution in [0.5, 0.6) is 0 Å². The van der Waals surface area contributed by atoms with Crippen molar-refractivity contribution in [1.29, 1.82) is 0 Å². The highest BCUT2D eigenvalue weighted by molar-refractivity contribution is 5.04. The second-order valence-electron chi connectivity index (χ2n) is 2.96. The molecular formula is C6H10F3N. The average Bonchev–Trinajstić information content (AvgIpc) is 2.35. The van der Waals surface area contributed by atoms with Gasteiger partial charge < -0.3 is 0 Å². The summed E-state index contributed by atoms with van der Waals surface area (Å²) in [6.45, 7) is 3.56. The van der Waals surface area contributed by atoms with E-state index in [-0.39, 0.29) is 12.0 Å². The van der Waals surface area contributed by atoms with E-state index in [9.17, 15) is 13.2 Å². The molecule has 0 unspecified atom stereocenters. The fourth-order valence-corrected chi connectivity index (χ4v) is 1.03. The molecule has 1 saturated heterocycles. The lowest BCUT2D eigenvalue weighted by Crippen LogP contribution is -2.21. The summed E-state index contributed by atoms with van der Waals surface area (Å²) in [5.41, 5.74) is 0. The smallest absolute Gasteiger partial charge is 0.300 e. The maximum Gasteiger partial charge on any atom is 0.405 e. The summed E-state index contributed by atoms with van der Waals surface area (Å²) in [6, 6.07) is -1.59. The lowest BCUT2D eigenvalue weighted by molar-refractivity contribution is -0.130. The zero-order valence-corrected chi connectivity index (χ0v) is 5.87. The van der Waals surface area contributed by atoms with E-state index >= 15 is 0 Å². The lowest BCUT2D eigenvalue weighted by Gasteiger charge is -2.03. The first kappa shape index (κ1) is 7.85. The van der Waals surface area contributed by atoms with Gasteiger partial charge in [-0.2, -0.15) is 13.2 Å². The molecule has 0 aromatic rings. The van der Waals surface area contributed by atoms with Gasteiger partial charge in [-0.1, -0.05) is 13.8 Å². The highest BCUT2D eigenvalue weighted by Gasteiger charge is 2.56. The largest absolute Gasteiger partial charge is 0.405 e. The zero-order chi connectivity index (χ0) is 7.94. The number of alkyl halides is 3. The summed E-state index contributed by atoms with van der Waals surface area (Å²) >= 11 is 0. The van der Waals surface area contributed by atoms with Crippen molar-refractivity contribution in [3.05, 3.63) is 0 Å². The summed E-state index contributed by atoms with van der Waals surface area (Å²) in [6.07, 6.45) is -4.05. The van der Waals surface area contributed by atoms with Crippen LogP contribution in [0.25, 0.3) is 0 Å². The molecule has 1 nitrogen and oxygen atoms in total. The van der Waals surface area contributed by atoms with Crippen LogP contribution in [0.4, 0.5) is 13.2 Å². The van der Waals surface area contributed by atoms with Crippen molar-refractivity contribution in [1.82, 2.24) is 5.32 Å². The molecule has 10 heavy (non-hydrogen) atoms. The Morgan fingerprint density at radius 1 is 1.30 bits per heavy atom. The third-order valence-electron chi connectivity index (χ3n) is 1.69. The molecule has 1 N–H and O–H groups in total. The van der Waals surface area contributed by atoms with E-state index in [1.165, 1.54) is 0 Å². The van der Waals surface area contributed by atoms with Crippen LogP contribution in [0.1, 0.15) is 13.8 Å². The van der Waals surface area contributed by atoms with Crippen LogP contribution in [0.3, 0.4) is 0 Å². The fraction of sp³-hybridized carbons (Fsp3) is 1.00. The van der Waals surface area contributed by atoms with Gasteiger partial charge >= 0.3 is 6.18 Å². The summed E-state index contributed by atoms with van der Waals surface area (Å²) in [5.74, 6) is 0.0756. The topological polar surface area (TPSA) is 21.9 Å². The fourth-order valence-electron chi connectivity index (χ4n) is 1.03. The number of halogens is 3. The average molecular weight is 153 g/mol. The summed E-state index contributed by atoms with van der Waals surface area (Å²) in [5, 5.41) is 2.38. The predicted octanol–water partition coefficient (Wildman–Crippen LogP) is 1.55. The van der Waals surface area contributed by atoms with Crippen molar-refractivity contribution in [2.75, 3.05) is 0 Å². The van der Waals surface area contributed by atoms with Crippen molar-refractivity contribution in [2.24, 2.45) is 5.92 Å². The minimum Gasteiger partial charge on any atom is -0.300 e. The van der Waals surface area contributed by atoms with Crippen LogP contribution >= 0.6 is 0 Å². The van der Waals surface area contributed by atoms with Gasteiger partial charge in [0.25, 0.3) is 0 Å². The van der Waals surface area contributed by atoms with Crippen LogP contribution < -0.4 is 5.32 Å². The van der Waals surface area contributed by atoms with Crippen LogP contribution in [-0.4, -0.2) is 18.3 Å². The Labute approximate surface area is 57.6 Å². The third-order valence-corrected chi connectivity index (χ3v) is 1.69. The Morgan fingerprint density at radius 3 is 1.90 bits per heavy atom. The highest BCUT2D eigenvalue weighted by Crippen LogP contribution is 2.34. The molecule has 0 saturated carbocycles. The molecule has 0 spiro atoms. The van der Waals surface area contributed by atoms with Gasteiger partial charge in [-0.05, 0) is 5.92 Å². The lowest BCUT2D eigenvalue weighted by atomic mass is 10.1. The van der Waals surface area contributed by atoms with E-state index in [0.29, 0.717) is 0 Å². The molecule has 1 rings (SSSR count). The van der Waals surface area contributed by atoms with Gasteiger partial charge in [0.15, 0.2) is 0 Å². The van der Waals surface area contributed by atoms with Crippen molar-refractivity contribution >= 4 is 0 Å². The van der Waals surface area contributed by atoms with E-state index in [1.54, 1.807) is 13.8 Å². The van der Waals surface area contributed by atoms with Gasteiger partial charge in [-0.25, -0.2) is 0 Å². The van der Waals surface area contributed by atoms with Gasteiger partial charge in [0.05, 0.1) is 0 Å². The van der Waals surface area contributed by atoms with Gasteiger partial charge in [-0.3, -0.25) is 5.32 Å². The second-order valence-corrected chi connectivity index (χ2v) is 2.96. The zero-order valence-electron chi connectivity index (χ0n) is 5.87. The molecule has 4 heteroatoms. The first-order chi connectivity index (χ1) is 4.43. The minimum atomic E-state index is -4.05. The first-order valence-corrected chi connectivity index (χ1v) is 3.25. The monoisotopic (exact) mass is 153 g/mol. The Balaban J connectivity index is 2.39. The summed E-state index contributed by atoms with van der Waals surface area (Å²) in [4.78, 5) is 0. The SMILES string of the molecule is CC(C)[C@@H]1N[C@@H]1C(F)(F)F. The molecule has 0 aliphatic carbocycles. The Hall–Kier alpha value is -0.250. The quantitative estimate of drug-likeness (QED) is 0.567. The molecule has 1 aliphatic heterocycles. The van der Waals surface area contributed by atoms with E-state index in [1.807, 2.05) is 0 Å². The molecule has 0 bridgehead atoms. The van der Waals surface area contributed by atoms with Crippen molar-refractivity contribution in [2.45, 2.75) is 32.1 Å².